The monoisotopic (exact) mass is 426 g/mol. The van der Waals surface area contributed by atoms with E-state index in [1.165, 1.54) is 36.2 Å². The van der Waals surface area contributed by atoms with Gasteiger partial charge in [0.05, 0.1) is 11.4 Å². The molecule has 0 amide bonds. The number of hydrogen-bond acceptors (Lipinski definition) is 3. The maximum Gasteiger partial charge on any atom is 0.123 e. The Morgan fingerprint density at radius 3 is 2.22 bits per heavy atom. The molecule has 0 saturated carbocycles. The van der Waals surface area contributed by atoms with Crippen molar-refractivity contribution >= 4 is 5.69 Å². The molecule has 3 aromatic carbocycles. The largest absolute Gasteiger partial charge is 0.372 e. The van der Waals surface area contributed by atoms with Crippen LogP contribution in [-0.4, -0.2) is 22.9 Å². The van der Waals surface area contributed by atoms with Crippen LogP contribution in [0, 0.1) is 5.82 Å². The number of aromatic nitrogens is 2. The Balaban J connectivity index is 1.32. The quantitative estimate of drug-likeness (QED) is 0.419. The fraction of sp³-hybridized carbons (Fsp3) is 0.222. The van der Waals surface area contributed by atoms with Gasteiger partial charge in [-0.15, -0.1) is 0 Å². The molecule has 2 heterocycles. The van der Waals surface area contributed by atoms with Crippen LogP contribution in [0.15, 0.2) is 85.1 Å². The Morgan fingerprint density at radius 1 is 0.781 bits per heavy atom. The Hall–Kier alpha value is -3.44. The highest BCUT2D eigenvalue weighted by Gasteiger charge is 2.13. The Kier molecular flexibility index (Phi) is 5.99. The summed E-state index contributed by atoms with van der Waals surface area (Å²) in [5.41, 5.74) is 6.42. The molecule has 1 aromatic heterocycles. The first-order valence-electron chi connectivity index (χ1n) is 11.2. The molecule has 0 bridgehead atoms. The van der Waals surface area contributed by atoms with Gasteiger partial charge in [-0.25, -0.2) is 9.07 Å². The lowest BCUT2D eigenvalue weighted by atomic mass is 10.1. The lowest BCUT2D eigenvalue weighted by Gasteiger charge is -2.17. The molecule has 4 nitrogen and oxygen atoms in total. The van der Waals surface area contributed by atoms with Crippen molar-refractivity contribution in [2.75, 3.05) is 18.0 Å². The van der Waals surface area contributed by atoms with Crippen LogP contribution in [0.2, 0.25) is 0 Å². The molecule has 0 spiro atoms. The van der Waals surface area contributed by atoms with Gasteiger partial charge in [0, 0.05) is 49.2 Å². The molecule has 5 rings (SSSR count). The van der Waals surface area contributed by atoms with Crippen LogP contribution in [0.4, 0.5) is 10.1 Å². The van der Waals surface area contributed by atoms with Crippen molar-refractivity contribution in [1.82, 2.24) is 15.1 Å². The fourth-order valence-corrected chi connectivity index (χ4v) is 4.24. The van der Waals surface area contributed by atoms with E-state index in [2.05, 4.69) is 40.7 Å². The summed E-state index contributed by atoms with van der Waals surface area (Å²) in [6.07, 6.45) is 4.63. The molecule has 4 aromatic rings. The number of para-hydroxylation sites is 1. The van der Waals surface area contributed by atoms with Crippen molar-refractivity contribution in [2.24, 2.45) is 0 Å². The summed E-state index contributed by atoms with van der Waals surface area (Å²) < 4.78 is 15.3. The first-order chi connectivity index (χ1) is 15.8. The molecule has 0 aliphatic carbocycles. The van der Waals surface area contributed by atoms with Crippen LogP contribution in [-0.2, 0) is 13.1 Å². The third-order valence-electron chi connectivity index (χ3n) is 5.98. The molecule has 32 heavy (non-hydrogen) atoms. The second-order valence-electron chi connectivity index (χ2n) is 8.25. The molecular weight excluding hydrogens is 399 g/mol. The Bertz CT molecular complexity index is 1140. The summed E-state index contributed by atoms with van der Waals surface area (Å²) in [6, 6.07) is 25.4. The van der Waals surface area contributed by atoms with E-state index >= 15 is 0 Å². The van der Waals surface area contributed by atoms with Crippen LogP contribution in [0.3, 0.4) is 0 Å². The highest BCUT2D eigenvalue weighted by Crippen LogP contribution is 2.25. The minimum Gasteiger partial charge on any atom is -0.372 e. The molecule has 0 unspecified atom stereocenters. The molecular formula is C27H27FN4. The number of hydrogen-bond donors (Lipinski definition) is 1. The topological polar surface area (TPSA) is 33.1 Å². The summed E-state index contributed by atoms with van der Waals surface area (Å²) in [6.45, 7) is 3.78. The molecule has 0 atom stereocenters. The first kappa shape index (κ1) is 20.5. The zero-order chi connectivity index (χ0) is 21.8. The average Bonchev–Trinajstić information content (AvgIpc) is 3.52. The van der Waals surface area contributed by atoms with Gasteiger partial charge >= 0.3 is 0 Å². The Morgan fingerprint density at radius 2 is 1.50 bits per heavy atom. The second-order valence-corrected chi connectivity index (χ2v) is 8.25. The van der Waals surface area contributed by atoms with Gasteiger partial charge in [-0.2, -0.15) is 5.10 Å². The summed E-state index contributed by atoms with van der Waals surface area (Å²) in [4.78, 5) is 2.45. The predicted octanol–water partition coefficient (Wildman–Crippen LogP) is 5.57. The Labute approximate surface area is 188 Å². The SMILES string of the molecule is Fc1ccc(-c2nn(-c3ccccc3)cc2CNCc2ccc(N3CCCC3)cc2)cc1. The van der Waals surface area contributed by atoms with Crippen molar-refractivity contribution in [2.45, 2.75) is 25.9 Å². The van der Waals surface area contributed by atoms with Gasteiger partial charge < -0.3 is 10.2 Å². The lowest BCUT2D eigenvalue weighted by Crippen LogP contribution is -2.17. The van der Waals surface area contributed by atoms with E-state index in [9.17, 15) is 4.39 Å². The van der Waals surface area contributed by atoms with Gasteiger partial charge in [0.1, 0.15) is 5.82 Å². The second kappa shape index (κ2) is 9.37. The molecule has 0 radical (unpaired) electrons. The van der Waals surface area contributed by atoms with Crippen molar-refractivity contribution in [3.05, 3.63) is 102 Å². The van der Waals surface area contributed by atoms with E-state index < -0.39 is 0 Å². The number of halogens is 1. The van der Waals surface area contributed by atoms with Crippen LogP contribution >= 0.6 is 0 Å². The molecule has 1 fully saturated rings. The molecule has 1 saturated heterocycles. The van der Waals surface area contributed by atoms with E-state index in [4.69, 9.17) is 5.10 Å². The third kappa shape index (κ3) is 4.58. The van der Waals surface area contributed by atoms with E-state index in [0.29, 0.717) is 6.54 Å². The van der Waals surface area contributed by atoms with Crippen molar-refractivity contribution < 1.29 is 4.39 Å². The molecule has 1 aliphatic rings. The van der Waals surface area contributed by atoms with Crippen LogP contribution in [0.1, 0.15) is 24.0 Å². The zero-order valence-corrected chi connectivity index (χ0v) is 18.0. The number of nitrogens with zero attached hydrogens (tertiary/aromatic N) is 3. The maximum absolute atomic E-state index is 13.4. The van der Waals surface area contributed by atoms with Crippen LogP contribution < -0.4 is 10.2 Å². The molecule has 1 aliphatic heterocycles. The van der Waals surface area contributed by atoms with Crippen molar-refractivity contribution in [1.29, 1.82) is 0 Å². The van der Waals surface area contributed by atoms with Crippen molar-refractivity contribution in [3.8, 4) is 16.9 Å². The first-order valence-corrected chi connectivity index (χ1v) is 11.2. The highest BCUT2D eigenvalue weighted by atomic mass is 19.1. The van der Waals surface area contributed by atoms with Gasteiger partial charge in [-0.05, 0) is 66.9 Å². The van der Waals surface area contributed by atoms with E-state index in [-0.39, 0.29) is 5.82 Å². The van der Waals surface area contributed by atoms with E-state index in [1.807, 2.05) is 35.0 Å². The number of benzene rings is 3. The van der Waals surface area contributed by atoms with Crippen molar-refractivity contribution in [3.63, 3.8) is 0 Å². The zero-order valence-electron chi connectivity index (χ0n) is 18.0. The fourth-order valence-electron chi connectivity index (χ4n) is 4.24. The normalized spacial score (nSPS) is 13.6. The maximum atomic E-state index is 13.4. The smallest absolute Gasteiger partial charge is 0.123 e. The standard InChI is InChI=1S/C27H27FN4/c28-24-12-10-22(11-13-24)27-23(20-32(30-27)26-6-2-1-3-7-26)19-29-18-21-8-14-25(15-9-21)31-16-4-5-17-31/h1-3,6-15,20,29H,4-5,16-19H2. The predicted molar refractivity (Wildman–Crippen MR) is 127 cm³/mol. The van der Waals surface area contributed by atoms with Crippen LogP contribution in [0.5, 0.6) is 0 Å². The van der Waals surface area contributed by atoms with E-state index in [1.54, 1.807) is 12.1 Å². The molecule has 1 N–H and O–H groups in total. The molecule has 5 heteroatoms. The van der Waals surface area contributed by atoms with Gasteiger partial charge in [0.2, 0.25) is 0 Å². The minimum absolute atomic E-state index is 0.242. The summed E-state index contributed by atoms with van der Waals surface area (Å²) in [7, 11) is 0. The number of rotatable bonds is 7. The summed E-state index contributed by atoms with van der Waals surface area (Å²) in [5.74, 6) is -0.242. The van der Waals surface area contributed by atoms with Gasteiger partial charge in [0.25, 0.3) is 0 Å². The van der Waals surface area contributed by atoms with Gasteiger partial charge in [-0.3, -0.25) is 0 Å². The lowest BCUT2D eigenvalue weighted by molar-refractivity contribution is 0.628. The van der Waals surface area contributed by atoms with E-state index in [0.717, 1.165) is 42.1 Å². The third-order valence-corrected chi connectivity index (χ3v) is 5.98. The summed E-state index contributed by atoms with van der Waals surface area (Å²) in [5, 5.41) is 8.36. The number of nitrogens with one attached hydrogen (secondary N) is 1. The van der Waals surface area contributed by atoms with Gasteiger partial charge in [0.15, 0.2) is 0 Å². The molecule has 162 valence electrons. The van der Waals surface area contributed by atoms with Gasteiger partial charge in [-0.1, -0.05) is 30.3 Å². The van der Waals surface area contributed by atoms with Crippen LogP contribution in [0.25, 0.3) is 16.9 Å². The minimum atomic E-state index is -0.242. The number of anilines is 1. The average molecular weight is 427 g/mol. The highest BCUT2D eigenvalue weighted by molar-refractivity contribution is 5.63. The summed E-state index contributed by atoms with van der Waals surface area (Å²) >= 11 is 0.